The Morgan fingerprint density at radius 3 is 2.12 bits per heavy atom. The van der Waals surface area contributed by atoms with Gasteiger partial charge in [0.1, 0.15) is 17.2 Å². The van der Waals surface area contributed by atoms with Crippen LogP contribution in [0.3, 0.4) is 0 Å². The lowest BCUT2D eigenvalue weighted by atomic mass is 9.97. The second kappa shape index (κ2) is 29.2. The van der Waals surface area contributed by atoms with E-state index in [1.54, 1.807) is 35.2 Å². The van der Waals surface area contributed by atoms with Gasteiger partial charge in [-0.15, -0.1) is 0 Å². The number of piperidine rings is 2. The van der Waals surface area contributed by atoms with Crippen LogP contribution in [0, 0.1) is 11.8 Å². The number of fused-ring (bicyclic) bond motifs is 1. The maximum absolute atomic E-state index is 13.2. The van der Waals surface area contributed by atoms with Gasteiger partial charge in [0.25, 0.3) is 5.91 Å². The topological polar surface area (TPSA) is 183 Å². The second-order valence-electron chi connectivity index (χ2n) is 18.1. The van der Waals surface area contributed by atoms with Gasteiger partial charge in [0, 0.05) is 49.9 Å². The molecule has 6 aromatic rings. The van der Waals surface area contributed by atoms with E-state index < -0.39 is 12.0 Å². The van der Waals surface area contributed by atoms with E-state index in [4.69, 9.17) is 14.2 Å². The van der Waals surface area contributed by atoms with Crippen molar-refractivity contribution >= 4 is 41.3 Å². The molecule has 0 spiro atoms. The number of phenols is 1. The maximum atomic E-state index is 13.2. The van der Waals surface area contributed by atoms with Crippen molar-refractivity contribution < 1.29 is 38.8 Å². The number of thiol groups is 1. The molecule has 2 aliphatic rings. The third kappa shape index (κ3) is 17.2. The smallest absolute Gasteiger partial charge is 0.310 e. The first-order chi connectivity index (χ1) is 35.5. The Morgan fingerprint density at radius 1 is 0.767 bits per heavy atom. The van der Waals surface area contributed by atoms with Crippen LogP contribution in [0.15, 0.2) is 132 Å². The van der Waals surface area contributed by atoms with Crippen LogP contribution >= 0.6 is 12.6 Å². The van der Waals surface area contributed by atoms with Gasteiger partial charge in [0.05, 0.1) is 50.5 Å². The molecule has 15 heteroatoms. The number of carbonyl (C=O) groups is 3. The normalized spacial score (nSPS) is 14.5. The van der Waals surface area contributed by atoms with E-state index >= 15 is 0 Å². The molecule has 2 fully saturated rings. The molecule has 0 aliphatic carbocycles. The lowest BCUT2D eigenvalue weighted by molar-refractivity contribution is -0.144. The number of aromatic hydroxyl groups is 1. The highest BCUT2D eigenvalue weighted by molar-refractivity contribution is 7.79. The summed E-state index contributed by atoms with van der Waals surface area (Å²) in [7, 11) is 1.47. The summed E-state index contributed by atoms with van der Waals surface area (Å²) in [4.78, 5) is 57.5. The number of esters is 1. The summed E-state index contributed by atoms with van der Waals surface area (Å²) in [5.74, 6) is 1.62. The number of hydrogen-bond donors (Lipinski definition) is 6. The minimum absolute atomic E-state index is 0.0803. The van der Waals surface area contributed by atoms with E-state index in [0.717, 1.165) is 62.2 Å². The minimum atomic E-state index is -0.925. The highest BCUT2D eigenvalue weighted by atomic mass is 32.1. The number of pyridine rings is 1. The predicted octanol–water partition coefficient (Wildman–Crippen LogP) is 8.25. The van der Waals surface area contributed by atoms with Gasteiger partial charge >= 0.3 is 5.97 Å². The predicted molar refractivity (Wildman–Crippen MR) is 289 cm³/mol. The molecular formula is C58H71N5O9S. The van der Waals surface area contributed by atoms with E-state index in [2.05, 4.69) is 69.5 Å². The fraction of sp³-hybridized carbons (Fsp3) is 0.379. The molecule has 0 saturated carbocycles. The van der Waals surface area contributed by atoms with E-state index in [0.29, 0.717) is 66.8 Å². The molecule has 8 rings (SSSR count). The number of aliphatic hydroxyl groups excluding tert-OH is 1. The zero-order chi connectivity index (χ0) is 52.0. The summed E-state index contributed by atoms with van der Waals surface area (Å²) in [6, 6.07) is 39.3. The van der Waals surface area contributed by atoms with Crippen molar-refractivity contribution in [1.29, 1.82) is 0 Å². The fourth-order valence-corrected chi connectivity index (χ4v) is 9.09. The average Bonchev–Trinajstić information content (AvgIpc) is 3.43. The molecule has 1 atom stereocenters. The van der Waals surface area contributed by atoms with Gasteiger partial charge in [-0.1, -0.05) is 98.8 Å². The minimum Gasteiger partial charge on any atom is -0.506 e. The van der Waals surface area contributed by atoms with Gasteiger partial charge < -0.3 is 44.9 Å². The Kier molecular flexibility index (Phi) is 22.2. The summed E-state index contributed by atoms with van der Waals surface area (Å²) >= 11 is 4.11. The standard InChI is InChI=1S/C49H57N5O9.C7H8S.C2H6/c1-61-44-25-37(27-50-28-43(56)39-12-14-42(55)48-40(39)13-15-45(57)52-48)10-11-41(44)49(60)51-29-46(58)54-22-18-35(19-23-54)31-62-38-9-5-8-36(24-38)26-47(59)63-32-34-16-20-53(21-17-34)30-33-6-3-2-4-7-33;8-6-7-4-2-1-3-5-7;1-2/h2-15,24-25,34-35,43,50,55-56H,16-23,26-32H2,1H3,(H,51,60)(H,52,57);1-5,8H,6H2;1-2H3. The van der Waals surface area contributed by atoms with E-state index in [-0.39, 0.29) is 54.1 Å². The van der Waals surface area contributed by atoms with Gasteiger partial charge in [0.2, 0.25) is 11.5 Å². The first-order valence-electron chi connectivity index (χ1n) is 25.3. The van der Waals surface area contributed by atoms with E-state index in [9.17, 15) is 29.4 Å². The van der Waals surface area contributed by atoms with Crippen LogP contribution in [0.2, 0.25) is 0 Å². The Bertz CT molecular complexity index is 2720. The van der Waals surface area contributed by atoms with Crippen molar-refractivity contribution in [2.75, 3.05) is 59.6 Å². The number of likely N-dealkylation sites (tertiary alicyclic amines) is 2. The van der Waals surface area contributed by atoms with Gasteiger partial charge in [-0.3, -0.25) is 24.1 Å². The zero-order valence-corrected chi connectivity index (χ0v) is 43.2. The summed E-state index contributed by atoms with van der Waals surface area (Å²) < 4.78 is 17.3. The van der Waals surface area contributed by atoms with Crippen LogP contribution in [-0.4, -0.2) is 102 Å². The van der Waals surface area contributed by atoms with Gasteiger partial charge in [-0.05, 0) is 115 Å². The molecule has 2 saturated heterocycles. The summed E-state index contributed by atoms with van der Waals surface area (Å²) in [5.41, 5.74) is 5.00. The lowest BCUT2D eigenvalue weighted by Crippen LogP contribution is -2.44. The molecular weight excluding hydrogens is 943 g/mol. The quantitative estimate of drug-likeness (QED) is 0.0340. The van der Waals surface area contributed by atoms with E-state index in [1.165, 1.54) is 30.4 Å². The molecule has 5 aromatic carbocycles. The van der Waals surface area contributed by atoms with Crippen molar-refractivity contribution in [3.63, 3.8) is 0 Å². The van der Waals surface area contributed by atoms with Crippen molar-refractivity contribution in [1.82, 2.24) is 25.4 Å². The molecule has 2 aliphatic heterocycles. The number of nitrogens with one attached hydrogen (secondary N) is 3. The zero-order valence-electron chi connectivity index (χ0n) is 42.3. The Labute approximate surface area is 434 Å². The number of phenolic OH excluding ortho intramolecular Hbond substituents is 1. The number of aliphatic hydroxyl groups is 1. The van der Waals surface area contributed by atoms with Gasteiger partial charge in [0.15, 0.2) is 0 Å². The number of H-pyrrole nitrogens is 1. The van der Waals surface area contributed by atoms with Crippen LogP contribution in [0.1, 0.15) is 83.8 Å². The van der Waals surface area contributed by atoms with Crippen LogP contribution in [0.4, 0.5) is 0 Å². The molecule has 388 valence electrons. The Balaban J connectivity index is 0.000000784. The highest BCUT2D eigenvalue weighted by Gasteiger charge is 2.25. The number of carbonyl (C=O) groups excluding carboxylic acids is 3. The van der Waals surface area contributed by atoms with Gasteiger partial charge in [-0.25, -0.2) is 0 Å². The number of benzene rings is 5. The number of rotatable bonds is 19. The number of methoxy groups -OCH3 is 1. The summed E-state index contributed by atoms with van der Waals surface area (Å²) in [6.07, 6.45) is 2.84. The van der Waals surface area contributed by atoms with E-state index in [1.807, 2.05) is 62.4 Å². The number of hydrogen-bond acceptors (Lipinski definition) is 12. The summed E-state index contributed by atoms with van der Waals surface area (Å²) in [6.45, 7) is 9.43. The summed E-state index contributed by atoms with van der Waals surface area (Å²) in [5, 5.41) is 27.5. The molecule has 1 aromatic heterocycles. The molecule has 3 heterocycles. The average molecular weight is 1010 g/mol. The van der Waals surface area contributed by atoms with Crippen LogP contribution in [0.25, 0.3) is 10.9 Å². The highest BCUT2D eigenvalue weighted by Crippen LogP contribution is 2.29. The molecule has 0 radical (unpaired) electrons. The third-order valence-electron chi connectivity index (χ3n) is 13.0. The number of ether oxygens (including phenoxy) is 3. The second-order valence-corrected chi connectivity index (χ2v) is 18.5. The first kappa shape index (κ1) is 55.7. The van der Waals surface area contributed by atoms with Crippen molar-refractivity contribution in [2.24, 2.45) is 11.8 Å². The Hall–Kier alpha value is -6.65. The Morgan fingerprint density at radius 2 is 1.44 bits per heavy atom. The van der Waals surface area contributed by atoms with Crippen molar-refractivity contribution in [3.8, 4) is 17.2 Å². The molecule has 73 heavy (non-hydrogen) atoms. The van der Waals surface area contributed by atoms with Gasteiger partial charge in [-0.2, -0.15) is 12.6 Å². The van der Waals surface area contributed by atoms with Crippen LogP contribution in [-0.2, 0) is 39.6 Å². The van der Waals surface area contributed by atoms with Crippen molar-refractivity contribution in [3.05, 3.63) is 171 Å². The van der Waals surface area contributed by atoms with Crippen LogP contribution < -0.4 is 25.7 Å². The number of aromatic nitrogens is 1. The molecule has 5 N–H and O–H groups in total. The molecule has 14 nitrogen and oxygen atoms in total. The fourth-order valence-electron chi connectivity index (χ4n) is 8.88. The number of nitrogens with zero attached hydrogens (tertiary/aromatic N) is 2. The maximum Gasteiger partial charge on any atom is 0.310 e. The number of aromatic amines is 1. The molecule has 1 unspecified atom stereocenters. The largest absolute Gasteiger partial charge is 0.506 e. The third-order valence-corrected chi connectivity index (χ3v) is 13.4. The van der Waals surface area contributed by atoms with Crippen LogP contribution in [0.5, 0.6) is 17.2 Å². The number of amides is 2. The monoisotopic (exact) mass is 1010 g/mol. The molecule has 0 bridgehead atoms. The van der Waals surface area contributed by atoms with Crippen molar-refractivity contribution in [2.45, 2.75) is 70.9 Å². The molecule has 2 amide bonds. The SMILES string of the molecule is CC.COc1cc(CNCC(O)c2ccc(O)c3[nH]c(=O)ccc23)ccc1C(=O)NCC(=O)N1CCC(COc2cccc(CC(=O)OCC3CCN(Cc4ccccc4)CC3)c2)CC1.SCc1ccccc1. The first-order valence-corrected chi connectivity index (χ1v) is 25.9. The lowest BCUT2D eigenvalue weighted by Gasteiger charge is -2.32.